The Morgan fingerprint density at radius 3 is 2.60 bits per heavy atom. The Labute approximate surface area is 101 Å². The minimum Gasteiger partial charge on any atom is -0.495 e. The summed E-state index contributed by atoms with van der Waals surface area (Å²) in [5, 5.41) is 0.640. The Morgan fingerprint density at radius 2 is 2.13 bits per heavy atom. The summed E-state index contributed by atoms with van der Waals surface area (Å²) in [4.78, 5) is 0. The van der Waals surface area contributed by atoms with Crippen molar-refractivity contribution < 1.29 is 4.74 Å². The number of methoxy groups -OCH3 is 1. The van der Waals surface area contributed by atoms with Crippen molar-refractivity contribution in [2.24, 2.45) is 11.7 Å². The molecule has 1 atom stereocenters. The van der Waals surface area contributed by atoms with E-state index in [1.807, 2.05) is 18.2 Å². The van der Waals surface area contributed by atoms with E-state index in [1.54, 1.807) is 7.11 Å². The Hall–Kier alpha value is -0.440. The molecule has 0 aliphatic heterocycles. The first-order valence-electron chi connectivity index (χ1n) is 4.81. The normalized spacial score (nSPS) is 16.7. The summed E-state index contributed by atoms with van der Waals surface area (Å²) >= 11 is 6.02. The average Bonchev–Trinajstić information content (AvgIpc) is 3.00. The highest BCUT2D eigenvalue weighted by Gasteiger charge is 2.29. The Balaban J connectivity index is 0.00000112. The van der Waals surface area contributed by atoms with Crippen LogP contribution in [0.1, 0.15) is 24.4 Å². The van der Waals surface area contributed by atoms with Crippen LogP contribution in [-0.2, 0) is 0 Å². The van der Waals surface area contributed by atoms with Crippen molar-refractivity contribution in [2.45, 2.75) is 18.9 Å². The molecule has 0 bridgehead atoms. The molecular formula is C11H15Cl2NO. The van der Waals surface area contributed by atoms with E-state index in [1.165, 1.54) is 12.8 Å². The van der Waals surface area contributed by atoms with Gasteiger partial charge in [0.2, 0.25) is 0 Å². The summed E-state index contributed by atoms with van der Waals surface area (Å²) in [7, 11) is 1.61. The largest absolute Gasteiger partial charge is 0.495 e. The number of hydrogen-bond donors (Lipinski definition) is 1. The quantitative estimate of drug-likeness (QED) is 0.891. The van der Waals surface area contributed by atoms with Gasteiger partial charge in [-0.1, -0.05) is 17.7 Å². The number of halogens is 2. The van der Waals surface area contributed by atoms with Gasteiger partial charge in [0.05, 0.1) is 12.1 Å². The van der Waals surface area contributed by atoms with Gasteiger partial charge in [0.15, 0.2) is 0 Å². The van der Waals surface area contributed by atoms with Crippen LogP contribution in [0.3, 0.4) is 0 Å². The third-order valence-corrected chi connectivity index (χ3v) is 2.99. The van der Waals surface area contributed by atoms with Crippen molar-refractivity contribution in [3.63, 3.8) is 0 Å². The molecule has 0 radical (unpaired) electrons. The summed E-state index contributed by atoms with van der Waals surface area (Å²) in [5.74, 6) is 1.36. The van der Waals surface area contributed by atoms with E-state index in [-0.39, 0.29) is 18.4 Å². The highest BCUT2D eigenvalue weighted by atomic mass is 35.5. The number of nitrogens with two attached hydrogens (primary N) is 1. The van der Waals surface area contributed by atoms with E-state index < -0.39 is 0 Å². The minimum atomic E-state index is 0. The maximum Gasteiger partial charge on any atom is 0.137 e. The van der Waals surface area contributed by atoms with Gasteiger partial charge in [-0.05, 0) is 36.5 Å². The third kappa shape index (κ3) is 2.77. The summed E-state index contributed by atoms with van der Waals surface area (Å²) in [5.41, 5.74) is 7.17. The second kappa shape index (κ2) is 5.06. The molecule has 1 aromatic carbocycles. The first-order valence-corrected chi connectivity index (χ1v) is 5.19. The topological polar surface area (TPSA) is 35.2 Å². The number of rotatable bonds is 3. The molecule has 0 amide bonds. The minimum absolute atomic E-state index is 0. The molecule has 1 unspecified atom stereocenters. The number of benzene rings is 1. The van der Waals surface area contributed by atoms with Gasteiger partial charge in [0.1, 0.15) is 5.75 Å². The van der Waals surface area contributed by atoms with Crippen molar-refractivity contribution >= 4 is 24.0 Å². The summed E-state index contributed by atoms with van der Waals surface area (Å²) in [6.07, 6.45) is 2.48. The lowest BCUT2D eigenvalue weighted by Gasteiger charge is -2.12. The van der Waals surface area contributed by atoms with E-state index in [0.29, 0.717) is 16.7 Å². The predicted octanol–water partition coefficient (Wildman–Crippen LogP) is 3.18. The first-order chi connectivity index (χ1) is 6.72. The highest BCUT2D eigenvalue weighted by molar-refractivity contribution is 6.32. The maximum absolute atomic E-state index is 6.06. The summed E-state index contributed by atoms with van der Waals surface area (Å²) in [6.45, 7) is 0. The molecule has 0 aromatic heterocycles. The fourth-order valence-electron chi connectivity index (χ4n) is 1.62. The van der Waals surface area contributed by atoms with E-state index in [0.717, 1.165) is 5.56 Å². The van der Waals surface area contributed by atoms with Crippen LogP contribution >= 0.6 is 24.0 Å². The second-order valence-electron chi connectivity index (χ2n) is 3.76. The lowest BCUT2D eigenvalue weighted by molar-refractivity contribution is 0.414. The molecule has 0 saturated heterocycles. The van der Waals surface area contributed by atoms with Crippen LogP contribution in [0, 0.1) is 5.92 Å². The van der Waals surface area contributed by atoms with Crippen LogP contribution in [0.5, 0.6) is 5.75 Å². The molecule has 1 saturated carbocycles. The highest BCUT2D eigenvalue weighted by Crippen LogP contribution is 2.40. The molecule has 1 fully saturated rings. The molecule has 4 heteroatoms. The van der Waals surface area contributed by atoms with Crippen LogP contribution in [0.25, 0.3) is 0 Å². The van der Waals surface area contributed by atoms with Crippen molar-refractivity contribution in [3.05, 3.63) is 28.8 Å². The first kappa shape index (κ1) is 12.6. The van der Waals surface area contributed by atoms with Gasteiger partial charge in [0, 0.05) is 6.04 Å². The molecular weight excluding hydrogens is 233 g/mol. The standard InChI is InChI=1S/C11H14ClNO.ClH/c1-14-10-5-4-8(6-9(10)12)11(13)7-2-3-7;/h4-7,11H,2-3,13H2,1H3;1H. The molecule has 0 spiro atoms. The zero-order chi connectivity index (χ0) is 10.1. The molecule has 2 nitrogen and oxygen atoms in total. The van der Waals surface area contributed by atoms with Crippen LogP contribution < -0.4 is 10.5 Å². The van der Waals surface area contributed by atoms with E-state index in [2.05, 4.69) is 0 Å². The van der Waals surface area contributed by atoms with Gasteiger partial charge >= 0.3 is 0 Å². The van der Waals surface area contributed by atoms with Gasteiger partial charge < -0.3 is 10.5 Å². The van der Waals surface area contributed by atoms with Gasteiger partial charge in [-0.25, -0.2) is 0 Å². The molecule has 1 aromatic rings. The molecule has 15 heavy (non-hydrogen) atoms. The number of ether oxygens (including phenoxy) is 1. The van der Waals surface area contributed by atoms with Crippen molar-refractivity contribution in [1.82, 2.24) is 0 Å². The zero-order valence-corrected chi connectivity index (χ0v) is 10.1. The predicted molar refractivity (Wildman–Crippen MR) is 64.9 cm³/mol. The SMILES string of the molecule is COc1ccc(C(N)C2CC2)cc1Cl.Cl. The Bertz CT molecular complexity index is 339. The average molecular weight is 248 g/mol. The fourth-order valence-corrected chi connectivity index (χ4v) is 1.88. The molecule has 2 rings (SSSR count). The summed E-state index contributed by atoms with van der Waals surface area (Å²) < 4.78 is 5.08. The van der Waals surface area contributed by atoms with Gasteiger partial charge in [-0.15, -0.1) is 12.4 Å². The van der Waals surface area contributed by atoms with Crippen molar-refractivity contribution in [3.8, 4) is 5.75 Å². The van der Waals surface area contributed by atoms with E-state index >= 15 is 0 Å². The Kier molecular flexibility index (Phi) is 4.26. The lowest BCUT2D eigenvalue weighted by Crippen LogP contribution is -2.12. The molecule has 84 valence electrons. The number of hydrogen-bond acceptors (Lipinski definition) is 2. The monoisotopic (exact) mass is 247 g/mol. The maximum atomic E-state index is 6.06. The molecule has 1 aliphatic carbocycles. The lowest BCUT2D eigenvalue weighted by atomic mass is 10.0. The smallest absolute Gasteiger partial charge is 0.137 e. The van der Waals surface area contributed by atoms with Crippen LogP contribution in [0.2, 0.25) is 5.02 Å². The molecule has 1 aliphatic rings. The summed E-state index contributed by atoms with van der Waals surface area (Å²) in [6, 6.07) is 5.91. The van der Waals surface area contributed by atoms with E-state index in [9.17, 15) is 0 Å². The van der Waals surface area contributed by atoms with Gasteiger partial charge in [-0.2, -0.15) is 0 Å². The van der Waals surface area contributed by atoms with Crippen LogP contribution in [0.4, 0.5) is 0 Å². The molecule has 2 N–H and O–H groups in total. The second-order valence-corrected chi connectivity index (χ2v) is 4.16. The molecule has 0 heterocycles. The van der Waals surface area contributed by atoms with Gasteiger partial charge in [-0.3, -0.25) is 0 Å². The fraction of sp³-hybridized carbons (Fsp3) is 0.455. The van der Waals surface area contributed by atoms with Crippen molar-refractivity contribution in [1.29, 1.82) is 0 Å². The van der Waals surface area contributed by atoms with Gasteiger partial charge in [0.25, 0.3) is 0 Å². The zero-order valence-electron chi connectivity index (χ0n) is 8.57. The third-order valence-electron chi connectivity index (χ3n) is 2.69. The van der Waals surface area contributed by atoms with E-state index in [4.69, 9.17) is 22.1 Å². The Morgan fingerprint density at radius 1 is 1.47 bits per heavy atom. The van der Waals surface area contributed by atoms with Crippen molar-refractivity contribution in [2.75, 3.05) is 7.11 Å². The van der Waals surface area contributed by atoms with Crippen LogP contribution in [-0.4, -0.2) is 7.11 Å². The van der Waals surface area contributed by atoms with Crippen LogP contribution in [0.15, 0.2) is 18.2 Å².